The van der Waals surface area contributed by atoms with Gasteiger partial charge in [0.15, 0.2) is 0 Å². The van der Waals surface area contributed by atoms with Crippen molar-refractivity contribution >= 4 is 11.9 Å². The molecule has 0 unspecified atom stereocenters. The summed E-state index contributed by atoms with van der Waals surface area (Å²) < 4.78 is 28.7. The smallest absolute Gasteiger partial charge is 0.348 e. The molecule has 0 saturated heterocycles. The molecule has 2 aromatic rings. The number of halogens is 1. The third kappa shape index (κ3) is 3.22. The van der Waals surface area contributed by atoms with E-state index in [-0.39, 0.29) is 13.0 Å². The van der Waals surface area contributed by atoms with E-state index in [1.54, 1.807) is 24.3 Å². The van der Waals surface area contributed by atoms with Gasteiger partial charge in [0.2, 0.25) is 6.10 Å². The first-order chi connectivity index (χ1) is 11.6. The van der Waals surface area contributed by atoms with Crippen molar-refractivity contribution in [3.63, 3.8) is 0 Å². The van der Waals surface area contributed by atoms with Gasteiger partial charge < -0.3 is 14.2 Å². The fraction of sp³-hybridized carbons (Fsp3) is 0.222. The first kappa shape index (κ1) is 16.0. The summed E-state index contributed by atoms with van der Waals surface area (Å²) in [5, 5.41) is 0. The number of ether oxygens (including phenoxy) is 3. The third-order valence-electron chi connectivity index (χ3n) is 3.77. The highest BCUT2D eigenvalue weighted by Gasteiger charge is 2.32. The van der Waals surface area contributed by atoms with E-state index < -0.39 is 23.9 Å². The minimum Gasteiger partial charge on any atom is -0.496 e. The largest absolute Gasteiger partial charge is 0.496 e. The van der Waals surface area contributed by atoms with Crippen LogP contribution in [0.3, 0.4) is 0 Å². The minimum atomic E-state index is -1.01. The first-order valence-corrected chi connectivity index (χ1v) is 7.36. The van der Waals surface area contributed by atoms with Gasteiger partial charge in [0.1, 0.15) is 18.2 Å². The minimum absolute atomic E-state index is 0.171. The van der Waals surface area contributed by atoms with Crippen molar-refractivity contribution in [1.82, 2.24) is 0 Å². The summed E-state index contributed by atoms with van der Waals surface area (Å²) in [6.07, 6.45) is -0.756. The maximum Gasteiger partial charge on any atom is 0.348 e. The Bertz CT molecular complexity index is 787. The second kappa shape index (κ2) is 6.70. The number of hydrogen-bond acceptors (Lipinski definition) is 5. The highest BCUT2D eigenvalue weighted by molar-refractivity contribution is 5.94. The molecular formula is C18H15FO5. The van der Waals surface area contributed by atoms with E-state index in [9.17, 15) is 14.0 Å². The zero-order chi connectivity index (χ0) is 17.1. The van der Waals surface area contributed by atoms with Gasteiger partial charge in [-0.3, -0.25) is 0 Å². The first-order valence-electron chi connectivity index (χ1n) is 7.36. The Balaban J connectivity index is 1.68. The van der Waals surface area contributed by atoms with Crippen molar-refractivity contribution in [2.75, 3.05) is 7.11 Å². The molecule has 1 heterocycles. The van der Waals surface area contributed by atoms with Gasteiger partial charge in [-0.25, -0.2) is 14.0 Å². The Morgan fingerprint density at radius 3 is 2.88 bits per heavy atom. The molecule has 0 spiro atoms. The molecule has 24 heavy (non-hydrogen) atoms. The van der Waals surface area contributed by atoms with Crippen molar-refractivity contribution in [2.45, 2.75) is 19.1 Å². The Kier molecular flexibility index (Phi) is 4.46. The van der Waals surface area contributed by atoms with E-state index in [1.807, 2.05) is 0 Å². The van der Waals surface area contributed by atoms with Crippen molar-refractivity contribution in [1.29, 1.82) is 0 Å². The quantitative estimate of drug-likeness (QED) is 0.807. The van der Waals surface area contributed by atoms with Crippen LogP contribution in [-0.4, -0.2) is 25.2 Å². The van der Waals surface area contributed by atoms with Crippen LogP contribution < -0.4 is 4.74 Å². The number of carbonyl (C=O) groups is 2. The Hall–Kier alpha value is -2.89. The average Bonchev–Trinajstić information content (AvgIpc) is 2.59. The number of benzene rings is 2. The van der Waals surface area contributed by atoms with Gasteiger partial charge in [-0.1, -0.05) is 18.2 Å². The van der Waals surface area contributed by atoms with Crippen LogP contribution >= 0.6 is 0 Å². The van der Waals surface area contributed by atoms with E-state index >= 15 is 0 Å². The van der Waals surface area contributed by atoms with Crippen LogP contribution in [0.15, 0.2) is 42.5 Å². The maximum atomic E-state index is 13.3. The number of rotatable bonds is 4. The Labute approximate surface area is 138 Å². The second-order valence-corrected chi connectivity index (χ2v) is 5.32. The lowest BCUT2D eigenvalue weighted by atomic mass is 9.99. The van der Waals surface area contributed by atoms with Gasteiger partial charge in [-0.2, -0.15) is 0 Å². The molecule has 5 nitrogen and oxygen atoms in total. The number of methoxy groups -OCH3 is 1. The van der Waals surface area contributed by atoms with Crippen LogP contribution in [0.4, 0.5) is 4.39 Å². The average molecular weight is 330 g/mol. The molecule has 0 aliphatic carbocycles. The highest BCUT2D eigenvalue weighted by atomic mass is 19.1. The van der Waals surface area contributed by atoms with E-state index in [2.05, 4.69) is 0 Å². The molecule has 0 radical (unpaired) electrons. The van der Waals surface area contributed by atoms with Crippen LogP contribution in [0, 0.1) is 5.82 Å². The van der Waals surface area contributed by atoms with Crippen LogP contribution in [0.2, 0.25) is 0 Å². The van der Waals surface area contributed by atoms with Crippen molar-refractivity contribution in [3.8, 4) is 5.75 Å². The number of carbonyl (C=O) groups excluding carboxylic acids is 2. The fourth-order valence-electron chi connectivity index (χ4n) is 2.56. The van der Waals surface area contributed by atoms with E-state index in [0.29, 0.717) is 16.9 Å². The molecule has 3 rings (SSSR count). The lowest BCUT2D eigenvalue weighted by Gasteiger charge is -2.23. The molecule has 0 fully saturated rings. The lowest BCUT2D eigenvalue weighted by Crippen LogP contribution is -2.35. The van der Waals surface area contributed by atoms with E-state index in [1.165, 1.54) is 25.3 Å². The number of esters is 2. The second-order valence-electron chi connectivity index (χ2n) is 5.32. The summed E-state index contributed by atoms with van der Waals surface area (Å²) in [6, 6.07) is 10.9. The van der Waals surface area contributed by atoms with Crippen molar-refractivity contribution in [3.05, 3.63) is 65.0 Å². The molecule has 0 bridgehead atoms. The van der Waals surface area contributed by atoms with E-state index in [0.717, 1.165) is 5.56 Å². The normalized spacial score (nSPS) is 16.1. The summed E-state index contributed by atoms with van der Waals surface area (Å²) in [7, 11) is 1.44. The molecule has 1 aliphatic rings. The predicted molar refractivity (Wildman–Crippen MR) is 82.1 cm³/mol. The van der Waals surface area contributed by atoms with Crippen LogP contribution in [0.25, 0.3) is 0 Å². The molecule has 1 aliphatic heterocycles. The summed E-state index contributed by atoms with van der Waals surface area (Å²) in [5.41, 5.74) is 1.58. The summed E-state index contributed by atoms with van der Waals surface area (Å²) in [5.74, 6) is -1.28. The van der Waals surface area contributed by atoms with Crippen LogP contribution in [0.5, 0.6) is 5.75 Å². The molecule has 2 aromatic carbocycles. The molecule has 1 atom stereocenters. The third-order valence-corrected chi connectivity index (χ3v) is 3.77. The Morgan fingerprint density at radius 1 is 1.29 bits per heavy atom. The lowest BCUT2D eigenvalue weighted by molar-refractivity contribution is -0.155. The van der Waals surface area contributed by atoms with Gasteiger partial charge in [0, 0.05) is 12.0 Å². The zero-order valence-corrected chi connectivity index (χ0v) is 13.0. The molecule has 0 aromatic heterocycles. The summed E-state index contributed by atoms with van der Waals surface area (Å²) >= 11 is 0. The maximum absolute atomic E-state index is 13.3. The zero-order valence-electron chi connectivity index (χ0n) is 13.0. The molecule has 124 valence electrons. The topological polar surface area (TPSA) is 61.8 Å². The fourth-order valence-corrected chi connectivity index (χ4v) is 2.56. The van der Waals surface area contributed by atoms with E-state index in [4.69, 9.17) is 14.2 Å². The van der Waals surface area contributed by atoms with Gasteiger partial charge >= 0.3 is 11.9 Å². The van der Waals surface area contributed by atoms with Crippen LogP contribution in [-0.2, 0) is 27.3 Å². The summed E-state index contributed by atoms with van der Waals surface area (Å²) in [4.78, 5) is 24.1. The molecular weight excluding hydrogens is 315 g/mol. The monoisotopic (exact) mass is 330 g/mol. The molecule has 0 N–H and O–H groups in total. The summed E-state index contributed by atoms with van der Waals surface area (Å²) in [6.45, 7) is -0.171. The Morgan fingerprint density at radius 2 is 2.08 bits per heavy atom. The number of hydrogen-bond donors (Lipinski definition) is 0. The van der Waals surface area contributed by atoms with Gasteiger partial charge in [0.25, 0.3) is 0 Å². The van der Waals surface area contributed by atoms with Crippen molar-refractivity contribution in [2.24, 2.45) is 0 Å². The van der Waals surface area contributed by atoms with Gasteiger partial charge in [-0.15, -0.1) is 0 Å². The molecule has 0 saturated carbocycles. The van der Waals surface area contributed by atoms with Crippen LogP contribution in [0.1, 0.15) is 21.5 Å². The standard InChI is InChI=1S/C18H15FO5/c1-22-15-7-6-13(19)8-12(15)10-23-18(21)16-9-11-4-2-3-5-14(11)17(20)24-16/h2-8,16H,9-10H2,1H3/t16-/m0/s1. The molecule has 0 amide bonds. The van der Waals surface area contributed by atoms with Crippen molar-refractivity contribution < 1.29 is 28.2 Å². The predicted octanol–water partition coefficient (Wildman–Crippen LogP) is 2.66. The highest BCUT2D eigenvalue weighted by Crippen LogP contribution is 2.23. The molecule has 6 heteroatoms. The number of cyclic esters (lactones) is 1. The van der Waals surface area contributed by atoms with Gasteiger partial charge in [-0.05, 0) is 29.8 Å². The SMILES string of the molecule is COc1ccc(F)cc1COC(=O)[C@@H]1Cc2ccccc2C(=O)O1. The van der Waals surface area contributed by atoms with Gasteiger partial charge in [0.05, 0.1) is 12.7 Å². The number of fused-ring (bicyclic) bond motifs is 1.